The Bertz CT molecular complexity index is 229. The summed E-state index contributed by atoms with van der Waals surface area (Å²) < 4.78 is 36.7. The standard InChI is InChI=1S/C8H12F3NO2/c1-5(7(13)14)12-3-2-6(4-12)8(9,10)11/h5-6H,2-4H2,1H3,(H,13,14). The second-order valence-corrected chi connectivity index (χ2v) is 3.54. The number of hydrogen-bond donors (Lipinski definition) is 1. The minimum Gasteiger partial charge on any atom is -0.480 e. The Morgan fingerprint density at radius 3 is 2.50 bits per heavy atom. The van der Waals surface area contributed by atoms with E-state index in [1.165, 1.54) is 11.8 Å². The minimum absolute atomic E-state index is 0.00111. The number of alkyl halides is 3. The van der Waals surface area contributed by atoms with Crippen molar-refractivity contribution in [1.29, 1.82) is 0 Å². The molecule has 0 aromatic carbocycles. The Hall–Kier alpha value is -0.780. The summed E-state index contributed by atoms with van der Waals surface area (Å²) in [4.78, 5) is 11.9. The summed E-state index contributed by atoms with van der Waals surface area (Å²) in [6, 6.07) is -0.831. The molecule has 0 amide bonds. The highest BCUT2D eigenvalue weighted by Gasteiger charge is 2.45. The Morgan fingerprint density at radius 1 is 1.57 bits per heavy atom. The maximum Gasteiger partial charge on any atom is 0.393 e. The van der Waals surface area contributed by atoms with Crippen LogP contribution in [0, 0.1) is 5.92 Å². The van der Waals surface area contributed by atoms with Crippen LogP contribution in [0.1, 0.15) is 13.3 Å². The zero-order chi connectivity index (χ0) is 10.9. The average molecular weight is 211 g/mol. The smallest absolute Gasteiger partial charge is 0.393 e. The van der Waals surface area contributed by atoms with Gasteiger partial charge in [0.25, 0.3) is 0 Å². The molecule has 82 valence electrons. The predicted molar refractivity (Wildman–Crippen MR) is 42.8 cm³/mol. The van der Waals surface area contributed by atoms with Gasteiger partial charge in [-0.05, 0) is 19.9 Å². The maximum absolute atomic E-state index is 12.2. The van der Waals surface area contributed by atoms with Gasteiger partial charge >= 0.3 is 12.1 Å². The van der Waals surface area contributed by atoms with Gasteiger partial charge in [-0.3, -0.25) is 9.69 Å². The number of carboxylic acid groups (broad SMARTS) is 1. The van der Waals surface area contributed by atoms with Crippen LogP contribution >= 0.6 is 0 Å². The zero-order valence-corrected chi connectivity index (χ0v) is 7.71. The lowest BCUT2D eigenvalue weighted by molar-refractivity contribution is -0.171. The van der Waals surface area contributed by atoms with Gasteiger partial charge in [0.05, 0.1) is 5.92 Å². The SMILES string of the molecule is CC(C(=O)O)N1CCC(C(F)(F)F)C1. The summed E-state index contributed by atoms with van der Waals surface area (Å²) in [6.45, 7) is 1.41. The molecule has 1 saturated heterocycles. The van der Waals surface area contributed by atoms with Gasteiger partial charge in [-0.2, -0.15) is 13.2 Å². The van der Waals surface area contributed by atoms with E-state index in [0.29, 0.717) is 0 Å². The summed E-state index contributed by atoms with van der Waals surface area (Å²) in [7, 11) is 0. The van der Waals surface area contributed by atoms with Gasteiger partial charge in [-0.25, -0.2) is 0 Å². The second kappa shape index (κ2) is 3.76. The third-order valence-corrected chi connectivity index (χ3v) is 2.59. The van der Waals surface area contributed by atoms with E-state index in [2.05, 4.69) is 0 Å². The predicted octanol–water partition coefficient (Wildman–Crippen LogP) is 1.34. The first-order chi connectivity index (χ1) is 6.32. The van der Waals surface area contributed by atoms with Crippen molar-refractivity contribution in [3.8, 4) is 0 Å². The lowest BCUT2D eigenvalue weighted by atomic mass is 10.1. The van der Waals surface area contributed by atoms with Gasteiger partial charge in [-0.15, -0.1) is 0 Å². The molecular weight excluding hydrogens is 199 g/mol. The first-order valence-electron chi connectivity index (χ1n) is 4.36. The quantitative estimate of drug-likeness (QED) is 0.749. The largest absolute Gasteiger partial charge is 0.480 e. The van der Waals surface area contributed by atoms with Crippen LogP contribution in [0.15, 0.2) is 0 Å². The van der Waals surface area contributed by atoms with Crippen molar-refractivity contribution in [2.24, 2.45) is 5.92 Å². The molecule has 6 heteroatoms. The van der Waals surface area contributed by atoms with Crippen molar-refractivity contribution in [3.05, 3.63) is 0 Å². The molecule has 1 N–H and O–H groups in total. The number of hydrogen-bond acceptors (Lipinski definition) is 2. The summed E-state index contributed by atoms with van der Waals surface area (Å²) >= 11 is 0. The molecule has 0 aromatic heterocycles. The lowest BCUT2D eigenvalue weighted by Gasteiger charge is -2.21. The van der Waals surface area contributed by atoms with Gasteiger partial charge in [0.15, 0.2) is 0 Å². The highest BCUT2D eigenvalue weighted by molar-refractivity contribution is 5.72. The third kappa shape index (κ3) is 2.37. The third-order valence-electron chi connectivity index (χ3n) is 2.59. The summed E-state index contributed by atoms with van der Waals surface area (Å²) in [5.41, 5.74) is 0. The molecule has 1 heterocycles. The van der Waals surface area contributed by atoms with E-state index in [4.69, 9.17) is 5.11 Å². The second-order valence-electron chi connectivity index (χ2n) is 3.54. The fourth-order valence-corrected chi connectivity index (χ4v) is 1.56. The van der Waals surface area contributed by atoms with E-state index in [9.17, 15) is 18.0 Å². The van der Waals surface area contributed by atoms with E-state index in [1.807, 2.05) is 0 Å². The van der Waals surface area contributed by atoms with Crippen molar-refractivity contribution < 1.29 is 23.1 Å². The number of rotatable bonds is 2. The summed E-state index contributed by atoms with van der Waals surface area (Å²) in [5.74, 6) is -2.45. The molecule has 0 bridgehead atoms. The first kappa shape index (κ1) is 11.3. The van der Waals surface area contributed by atoms with Crippen LogP contribution < -0.4 is 0 Å². The molecule has 1 aliphatic rings. The van der Waals surface area contributed by atoms with E-state index in [0.717, 1.165) is 0 Å². The molecule has 3 nitrogen and oxygen atoms in total. The molecular formula is C8H12F3NO2. The van der Waals surface area contributed by atoms with E-state index in [1.54, 1.807) is 0 Å². The van der Waals surface area contributed by atoms with Crippen LogP contribution in [0.3, 0.4) is 0 Å². The highest BCUT2D eigenvalue weighted by Crippen LogP contribution is 2.34. The van der Waals surface area contributed by atoms with Gasteiger partial charge in [-0.1, -0.05) is 0 Å². The first-order valence-corrected chi connectivity index (χ1v) is 4.36. The summed E-state index contributed by atoms with van der Waals surface area (Å²) in [5, 5.41) is 8.61. The van der Waals surface area contributed by atoms with E-state index in [-0.39, 0.29) is 19.5 Å². The fourth-order valence-electron chi connectivity index (χ4n) is 1.56. The molecule has 0 aliphatic carbocycles. The number of carbonyl (C=O) groups is 1. The van der Waals surface area contributed by atoms with Crippen molar-refractivity contribution in [2.45, 2.75) is 25.6 Å². The number of carboxylic acids is 1. The Labute approximate surface area is 79.5 Å². The molecule has 14 heavy (non-hydrogen) atoms. The van der Waals surface area contributed by atoms with E-state index < -0.39 is 24.1 Å². The van der Waals surface area contributed by atoms with Crippen LogP contribution in [0.4, 0.5) is 13.2 Å². The molecule has 2 unspecified atom stereocenters. The van der Waals surface area contributed by atoms with Crippen LogP contribution in [-0.4, -0.2) is 41.3 Å². The number of nitrogens with zero attached hydrogens (tertiary/aromatic N) is 1. The molecule has 0 aromatic rings. The minimum atomic E-state index is -4.20. The van der Waals surface area contributed by atoms with E-state index >= 15 is 0 Å². The summed E-state index contributed by atoms with van der Waals surface area (Å²) in [6.07, 6.45) is -4.20. The van der Waals surface area contributed by atoms with Crippen molar-refractivity contribution in [1.82, 2.24) is 4.90 Å². The van der Waals surface area contributed by atoms with Gasteiger partial charge in [0.1, 0.15) is 6.04 Å². The highest BCUT2D eigenvalue weighted by atomic mass is 19.4. The topological polar surface area (TPSA) is 40.5 Å². The van der Waals surface area contributed by atoms with Crippen LogP contribution in [0.2, 0.25) is 0 Å². The molecule has 0 spiro atoms. The fraction of sp³-hybridized carbons (Fsp3) is 0.875. The van der Waals surface area contributed by atoms with Crippen LogP contribution in [-0.2, 0) is 4.79 Å². The monoisotopic (exact) mass is 211 g/mol. The zero-order valence-electron chi connectivity index (χ0n) is 7.71. The van der Waals surface area contributed by atoms with Crippen molar-refractivity contribution >= 4 is 5.97 Å². The molecule has 1 fully saturated rings. The Morgan fingerprint density at radius 2 is 2.14 bits per heavy atom. The number of aliphatic carboxylic acids is 1. The average Bonchev–Trinajstić information content (AvgIpc) is 2.49. The number of halogens is 3. The van der Waals surface area contributed by atoms with Crippen LogP contribution in [0.25, 0.3) is 0 Å². The van der Waals surface area contributed by atoms with Crippen molar-refractivity contribution in [3.63, 3.8) is 0 Å². The molecule has 1 aliphatic heterocycles. The van der Waals surface area contributed by atoms with Crippen LogP contribution in [0.5, 0.6) is 0 Å². The normalized spacial score (nSPS) is 26.4. The van der Waals surface area contributed by atoms with Gasteiger partial charge < -0.3 is 5.11 Å². The van der Waals surface area contributed by atoms with Crippen molar-refractivity contribution in [2.75, 3.05) is 13.1 Å². The maximum atomic E-state index is 12.2. The number of likely N-dealkylation sites (tertiary alicyclic amines) is 1. The molecule has 0 saturated carbocycles. The molecule has 1 rings (SSSR count). The lowest BCUT2D eigenvalue weighted by Crippen LogP contribution is -2.38. The van der Waals surface area contributed by atoms with Gasteiger partial charge in [0, 0.05) is 6.54 Å². The Balaban J connectivity index is 2.53. The van der Waals surface area contributed by atoms with Gasteiger partial charge in [0.2, 0.25) is 0 Å². The Kier molecular flexibility index (Phi) is 3.04. The molecule has 0 radical (unpaired) electrons. The molecule has 2 atom stereocenters.